The molecule has 1 aliphatic rings. The Labute approximate surface area is 173 Å². The van der Waals surface area contributed by atoms with Gasteiger partial charge in [0, 0.05) is 36.5 Å². The van der Waals surface area contributed by atoms with Crippen LogP contribution in [-0.4, -0.2) is 20.3 Å². The lowest BCUT2D eigenvalue weighted by atomic mass is 9.96. The van der Waals surface area contributed by atoms with Crippen LogP contribution in [-0.2, 0) is 23.3 Å². The van der Waals surface area contributed by atoms with Gasteiger partial charge in [-0.1, -0.05) is 42.5 Å². The molecule has 3 heterocycles. The molecule has 0 aliphatic carbocycles. The largest absolute Gasteiger partial charge is 0.346 e. The van der Waals surface area contributed by atoms with Gasteiger partial charge in [-0.25, -0.2) is 0 Å². The highest BCUT2D eigenvalue weighted by atomic mass is 32.2. The zero-order valence-corrected chi connectivity index (χ0v) is 17.0. The van der Waals surface area contributed by atoms with Crippen molar-refractivity contribution in [3.63, 3.8) is 0 Å². The fourth-order valence-electron chi connectivity index (χ4n) is 4.13. The molecule has 2 aromatic carbocycles. The summed E-state index contributed by atoms with van der Waals surface area (Å²) in [6.45, 7) is 0. The molecule has 0 spiro atoms. The molecule has 1 amide bonds. The number of hydrogen-bond donors (Lipinski definition) is 1. The number of nitrogens with zero attached hydrogens (tertiary/aromatic N) is 3. The topological polar surface area (TPSA) is 51.9 Å². The molecule has 5 nitrogen and oxygen atoms in total. The Balaban J connectivity index is 1.48. The predicted molar refractivity (Wildman–Crippen MR) is 118 cm³/mol. The third-order valence-corrected chi connectivity index (χ3v) is 6.49. The van der Waals surface area contributed by atoms with Crippen LogP contribution < -0.4 is 5.32 Å². The Hall–Kier alpha value is -2.99. The first-order chi connectivity index (χ1) is 14.2. The molecule has 1 aliphatic heterocycles. The highest BCUT2D eigenvalue weighted by molar-refractivity contribution is 7.98. The second-order valence-electron chi connectivity index (χ2n) is 7.36. The molecule has 29 heavy (non-hydrogen) atoms. The van der Waals surface area contributed by atoms with Crippen LogP contribution >= 0.6 is 11.8 Å². The molecule has 0 fully saturated rings. The van der Waals surface area contributed by atoms with Gasteiger partial charge in [-0.2, -0.15) is 16.9 Å². The van der Waals surface area contributed by atoms with E-state index in [4.69, 9.17) is 0 Å². The summed E-state index contributed by atoms with van der Waals surface area (Å²) >= 11 is 1.84. The molecule has 4 aromatic rings. The number of rotatable bonds is 5. The average molecular weight is 403 g/mol. The van der Waals surface area contributed by atoms with Gasteiger partial charge in [0.25, 0.3) is 0 Å². The van der Waals surface area contributed by atoms with Crippen LogP contribution in [0.15, 0.2) is 67.0 Å². The molecule has 1 atom stereocenters. The van der Waals surface area contributed by atoms with Crippen molar-refractivity contribution < 1.29 is 4.79 Å². The Morgan fingerprint density at radius 2 is 1.90 bits per heavy atom. The molecule has 146 valence electrons. The van der Waals surface area contributed by atoms with E-state index in [0.717, 1.165) is 34.1 Å². The molecule has 5 rings (SSSR count). The van der Waals surface area contributed by atoms with Gasteiger partial charge in [0.05, 0.1) is 18.2 Å². The van der Waals surface area contributed by atoms with E-state index in [2.05, 4.69) is 51.4 Å². The van der Waals surface area contributed by atoms with Gasteiger partial charge in [0.2, 0.25) is 5.91 Å². The Kier molecular flexibility index (Phi) is 4.64. The Morgan fingerprint density at radius 3 is 2.76 bits per heavy atom. The summed E-state index contributed by atoms with van der Waals surface area (Å²) in [5.74, 6) is 2.66. The first-order valence-electron chi connectivity index (χ1n) is 9.73. The van der Waals surface area contributed by atoms with Crippen molar-refractivity contribution in [2.24, 2.45) is 7.05 Å². The fraction of sp³-hybridized carbons (Fsp3) is 0.217. The van der Waals surface area contributed by atoms with E-state index in [1.165, 1.54) is 10.8 Å². The Bertz CT molecular complexity index is 1170. The third kappa shape index (κ3) is 3.34. The van der Waals surface area contributed by atoms with E-state index in [1.54, 1.807) is 4.68 Å². The monoisotopic (exact) mass is 402 g/mol. The molecule has 1 N–H and O–H groups in total. The van der Waals surface area contributed by atoms with E-state index >= 15 is 0 Å². The number of carbonyl (C=O) groups excluding carboxylic acids is 1. The van der Waals surface area contributed by atoms with Crippen molar-refractivity contribution in [3.05, 3.63) is 83.8 Å². The predicted octanol–water partition coefficient (Wildman–Crippen LogP) is 4.74. The summed E-state index contributed by atoms with van der Waals surface area (Å²) in [5.41, 5.74) is 3.40. The standard InChI is InChI=1S/C23H22N4OS/c1-26-23(19-14-29-15-20(19)25-26)24-22(28)13-21(27-11-4-5-12-27)18-10-6-8-16-7-2-3-9-17(16)18/h2-12,21H,13-15H2,1H3,(H,24,28)/t21-/m0/s1. The van der Waals surface area contributed by atoms with Gasteiger partial charge in [0.1, 0.15) is 5.82 Å². The lowest BCUT2D eigenvalue weighted by molar-refractivity contribution is -0.116. The molecule has 0 bridgehead atoms. The first-order valence-corrected chi connectivity index (χ1v) is 10.9. The molecule has 0 saturated carbocycles. The minimum Gasteiger partial charge on any atom is -0.346 e. The molecule has 2 aromatic heterocycles. The highest BCUT2D eigenvalue weighted by Crippen LogP contribution is 2.35. The minimum atomic E-state index is -0.0771. The third-order valence-electron chi connectivity index (χ3n) is 5.52. The maximum atomic E-state index is 13.1. The molecule has 0 unspecified atom stereocenters. The highest BCUT2D eigenvalue weighted by Gasteiger charge is 2.25. The second kappa shape index (κ2) is 7.44. The normalized spacial score (nSPS) is 14.1. The summed E-state index contributed by atoms with van der Waals surface area (Å²) in [4.78, 5) is 13.1. The lowest BCUT2D eigenvalue weighted by Crippen LogP contribution is -2.21. The summed E-state index contributed by atoms with van der Waals surface area (Å²) in [6, 6.07) is 18.6. The molecule has 0 radical (unpaired) electrons. The minimum absolute atomic E-state index is 0.000616. The van der Waals surface area contributed by atoms with Crippen LogP contribution in [0.5, 0.6) is 0 Å². The summed E-state index contributed by atoms with van der Waals surface area (Å²) in [5, 5.41) is 10.0. The average Bonchev–Trinajstić information content (AvgIpc) is 3.46. The van der Waals surface area contributed by atoms with Crippen LogP contribution in [0.3, 0.4) is 0 Å². The van der Waals surface area contributed by atoms with Gasteiger partial charge in [-0.15, -0.1) is 0 Å². The molecule has 0 saturated heterocycles. The number of hydrogen-bond acceptors (Lipinski definition) is 3. The van der Waals surface area contributed by atoms with Gasteiger partial charge < -0.3 is 9.88 Å². The SMILES string of the molecule is Cn1nc2c(c1NC(=O)C[C@@H](c1cccc3ccccc13)n1cccc1)CSC2. The maximum absolute atomic E-state index is 13.1. The first kappa shape index (κ1) is 18.1. The number of nitrogens with one attached hydrogen (secondary N) is 1. The zero-order valence-electron chi connectivity index (χ0n) is 16.2. The van der Waals surface area contributed by atoms with E-state index in [9.17, 15) is 4.79 Å². The van der Waals surface area contributed by atoms with E-state index < -0.39 is 0 Å². The quantitative estimate of drug-likeness (QED) is 0.525. The molecule has 6 heteroatoms. The zero-order chi connectivity index (χ0) is 19.8. The van der Waals surface area contributed by atoms with Crippen molar-refractivity contribution in [1.29, 1.82) is 0 Å². The lowest BCUT2D eigenvalue weighted by Gasteiger charge is -2.21. The molecular weight excluding hydrogens is 380 g/mol. The summed E-state index contributed by atoms with van der Waals surface area (Å²) < 4.78 is 3.91. The van der Waals surface area contributed by atoms with Crippen molar-refractivity contribution in [2.75, 3.05) is 5.32 Å². The van der Waals surface area contributed by atoms with Crippen molar-refractivity contribution in [3.8, 4) is 0 Å². The smallest absolute Gasteiger partial charge is 0.227 e. The van der Waals surface area contributed by atoms with Crippen LogP contribution in [0.2, 0.25) is 0 Å². The number of benzene rings is 2. The van der Waals surface area contributed by atoms with E-state index in [0.29, 0.717) is 6.42 Å². The van der Waals surface area contributed by atoms with Crippen molar-refractivity contribution in [2.45, 2.75) is 24.0 Å². The number of anilines is 1. The number of carbonyl (C=O) groups is 1. The van der Waals surface area contributed by atoms with Crippen LogP contribution in [0, 0.1) is 0 Å². The number of aryl methyl sites for hydroxylation is 1. The van der Waals surface area contributed by atoms with Gasteiger partial charge in [-0.05, 0) is 28.5 Å². The van der Waals surface area contributed by atoms with E-state index in [1.807, 2.05) is 49.4 Å². The van der Waals surface area contributed by atoms with Crippen LogP contribution in [0.1, 0.15) is 29.3 Å². The van der Waals surface area contributed by atoms with Crippen LogP contribution in [0.25, 0.3) is 10.8 Å². The van der Waals surface area contributed by atoms with E-state index in [-0.39, 0.29) is 11.9 Å². The Morgan fingerprint density at radius 1 is 1.10 bits per heavy atom. The molecular formula is C23H22N4OS. The maximum Gasteiger partial charge on any atom is 0.227 e. The van der Waals surface area contributed by atoms with Crippen LogP contribution in [0.4, 0.5) is 5.82 Å². The van der Waals surface area contributed by atoms with Gasteiger partial charge >= 0.3 is 0 Å². The second-order valence-corrected chi connectivity index (χ2v) is 8.34. The number of aromatic nitrogens is 3. The number of fused-ring (bicyclic) bond motifs is 2. The summed E-state index contributed by atoms with van der Waals surface area (Å²) in [6.07, 6.45) is 4.41. The van der Waals surface area contributed by atoms with Crippen molar-refractivity contribution in [1.82, 2.24) is 14.3 Å². The number of thioether (sulfide) groups is 1. The number of amides is 1. The van der Waals surface area contributed by atoms with Crippen molar-refractivity contribution >= 4 is 34.3 Å². The van der Waals surface area contributed by atoms with Gasteiger partial charge in [0.15, 0.2) is 0 Å². The van der Waals surface area contributed by atoms with Gasteiger partial charge in [-0.3, -0.25) is 9.48 Å². The summed E-state index contributed by atoms with van der Waals surface area (Å²) in [7, 11) is 1.90. The fourth-order valence-corrected chi connectivity index (χ4v) is 5.16.